The predicted molar refractivity (Wildman–Crippen MR) is 90.5 cm³/mol. The van der Waals surface area contributed by atoms with Crippen molar-refractivity contribution in [3.63, 3.8) is 0 Å². The molecule has 23 heavy (non-hydrogen) atoms. The smallest absolute Gasteiger partial charge is 0.796 e. The Morgan fingerprint density at radius 2 is 1.87 bits per heavy atom. The molecule has 0 N–H and O–H groups in total. The second-order valence-corrected chi connectivity index (χ2v) is 4.39. The molecule has 0 aliphatic carbocycles. The number of ether oxygens (including phenoxy) is 3. The summed E-state index contributed by atoms with van der Waals surface area (Å²) in [6.45, 7) is 2.71. The van der Waals surface area contributed by atoms with Crippen LogP contribution in [0.5, 0.6) is 5.75 Å². The molecule has 0 aliphatic heterocycles. The second-order valence-electron chi connectivity index (χ2n) is 3.56. The standard InChI is InChI=1S/C12H18N4O3S.CH4S.Na/c1-20-12-10-11(2-3-14-12)19-9-8-18-7-6-17-5-4-15-16-13;1-2;/h2-3,10H,4-9H2,1H3;2H,1H3;/q;;+1/p-1. The van der Waals surface area contributed by atoms with Crippen molar-refractivity contribution in [3.8, 4) is 5.75 Å². The quantitative estimate of drug-likeness (QED) is 0.101. The zero-order valence-electron chi connectivity index (χ0n) is 13.8. The summed E-state index contributed by atoms with van der Waals surface area (Å²) in [5.74, 6) is 0.790. The average Bonchev–Trinajstić information content (AvgIpc) is 2.58. The predicted octanol–water partition coefficient (Wildman–Crippen LogP) is -0.307. The summed E-state index contributed by atoms with van der Waals surface area (Å²) in [6.07, 6.45) is 5.27. The van der Waals surface area contributed by atoms with Gasteiger partial charge in [-0.1, -0.05) is 5.11 Å². The average molecular weight is 368 g/mol. The number of aromatic nitrogens is 1. The van der Waals surface area contributed by atoms with Crippen LogP contribution >= 0.6 is 11.8 Å². The molecule has 0 saturated heterocycles. The van der Waals surface area contributed by atoms with Crippen LogP contribution in [0.15, 0.2) is 28.5 Å². The number of rotatable bonds is 11. The molecule has 0 atom stereocenters. The van der Waals surface area contributed by atoms with Crippen LogP contribution in [0.4, 0.5) is 0 Å². The molecule has 1 aromatic heterocycles. The van der Waals surface area contributed by atoms with Gasteiger partial charge in [0.1, 0.15) is 12.4 Å². The molecule has 124 valence electrons. The fourth-order valence-corrected chi connectivity index (χ4v) is 1.68. The minimum atomic E-state index is 0. The third-order valence-corrected chi connectivity index (χ3v) is 2.82. The van der Waals surface area contributed by atoms with Crippen molar-refractivity contribution >= 4 is 24.4 Å². The van der Waals surface area contributed by atoms with Gasteiger partial charge in [-0.15, -0.1) is 11.8 Å². The number of hydrogen-bond acceptors (Lipinski definition) is 7. The van der Waals surface area contributed by atoms with Gasteiger partial charge in [0.05, 0.1) is 31.5 Å². The summed E-state index contributed by atoms with van der Waals surface area (Å²) in [6, 6.07) is 3.71. The number of thioether (sulfide) groups is 1. The van der Waals surface area contributed by atoms with E-state index in [1.807, 2.05) is 18.4 Å². The molecule has 0 unspecified atom stereocenters. The first-order chi connectivity index (χ1) is 10.9. The molecule has 10 heteroatoms. The molecule has 1 heterocycles. The second kappa shape index (κ2) is 19.9. The topological polar surface area (TPSA) is 89.3 Å². The SMILES string of the molecule is CSc1cc(OCCOCCOCCN=[N+]=[N-])ccn1.C[S-].[Na+]. The van der Waals surface area contributed by atoms with Gasteiger partial charge in [-0.2, -0.15) is 6.26 Å². The van der Waals surface area contributed by atoms with Gasteiger partial charge in [-0.25, -0.2) is 4.98 Å². The molecule has 0 aromatic carbocycles. The van der Waals surface area contributed by atoms with Crippen LogP contribution in [-0.2, 0) is 22.1 Å². The van der Waals surface area contributed by atoms with E-state index in [1.165, 1.54) is 0 Å². The van der Waals surface area contributed by atoms with Crippen molar-refractivity contribution in [1.82, 2.24) is 4.98 Å². The first kappa shape index (κ1) is 25.1. The fourth-order valence-electron chi connectivity index (χ4n) is 1.28. The maximum absolute atomic E-state index is 8.05. The molecular weight excluding hydrogens is 347 g/mol. The van der Waals surface area contributed by atoms with Gasteiger partial charge in [0.25, 0.3) is 0 Å². The van der Waals surface area contributed by atoms with E-state index in [9.17, 15) is 0 Å². The van der Waals surface area contributed by atoms with Crippen LogP contribution in [0.2, 0.25) is 0 Å². The van der Waals surface area contributed by atoms with Crippen LogP contribution in [0.3, 0.4) is 0 Å². The van der Waals surface area contributed by atoms with Crippen molar-refractivity contribution in [1.29, 1.82) is 0 Å². The van der Waals surface area contributed by atoms with E-state index < -0.39 is 0 Å². The number of hydrogen-bond donors (Lipinski definition) is 0. The van der Waals surface area contributed by atoms with Crippen LogP contribution in [0.1, 0.15) is 0 Å². The van der Waals surface area contributed by atoms with E-state index in [1.54, 1.807) is 24.2 Å². The molecule has 1 rings (SSSR count). The van der Waals surface area contributed by atoms with Gasteiger partial charge in [-0.3, -0.25) is 0 Å². The number of pyridine rings is 1. The molecule has 0 radical (unpaired) electrons. The summed E-state index contributed by atoms with van der Waals surface area (Å²) in [5, 5.41) is 4.28. The zero-order valence-corrected chi connectivity index (χ0v) is 17.4. The third-order valence-electron chi connectivity index (χ3n) is 2.18. The third kappa shape index (κ3) is 15.2. The van der Waals surface area contributed by atoms with Crippen molar-refractivity contribution in [2.45, 2.75) is 5.03 Å². The Hall–Kier alpha value is -0.120. The van der Waals surface area contributed by atoms with Crippen LogP contribution in [0.25, 0.3) is 10.4 Å². The van der Waals surface area contributed by atoms with Gasteiger partial charge in [0.15, 0.2) is 0 Å². The number of azide groups is 1. The Labute approximate surface area is 169 Å². The summed E-state index contributed by atoms with van der Waals surface area (Å²) in [7, 11) is 0. The first-order valence-corrected chi connectivity index (χ1v) is 8.61. The van der Waals surface area contributed by atoms with Crippen molar-refractivity contribution in [2.75, 3.05) is 52.1 Å². The molecule has 0 fully saturated rings. The molecular formula is C13H21N4NaO3S2. The van der Waals surface area contributed by atoms with Crippen LogP contribution in [-0.4, -0.2) is 57.1 Å². The zero-order chi connectivity index (χ0) is 16.5. The summed E-state index contributed by atoms with van der Waals surface area (Å²) >= 11 is 5.66. The summed E-state index contributed by atoms with van der Waals surface area (Å²) in [4.78, 5) is 6.79. The van der Waals surface area contributed by atoms with Gasteiger partial charge >= 0.3 is 29.6 Å². The Morgan fingerprint density at radius 3 is 2.52 bits per heavy atom. The Bertz CT molecular complexity index is 437. The molecule has 0 amide bonds. The minimum absolute atomic E-state index is 0. The minimum Gasteiger partial charge on any atom is -0.796 e. The molecule has 1 aromatic rings. The first-order valence-electron chi connectivity index (χ1n) is 6.57. The molecule has 7 nitrogen and oxygen atoms in total. The molecule has 0 saturated carbocycles. The van der Waals surface area contributed by atoms with Crippen LogP contribution in [0, 0.1) is 0 Å². The van der Waals surface area contributed by atoms with E-state index in [0.29, 0.717) is 39.6 Å². The maximum atomic E-state index is 8.05. The van der Waals surface area contributed by atoms with Gasteiger partial charge < -0.3 is 26.8 Å². The monoisotopic (exact) mass is 368 g/mol. The number of nitrogens with zero attached hydrogens (tertiary/aromatic N) is 4. The van der Waals surface area contributed by atoms with E-state index in [2.05, 4.69) is 27.6 Å². The van der Waals surface area contributed by atoms with E-state index in [4.69, 9.17) is 19.7 Å². The van der Waals surface area contributed by atoms with Crippen molar-refractivity contribution in [3.05, 3.63) is 28.8 Å². The van der Waals surface area contributed by atoms with Crippen molar-refractivity contribution in [2.24, 2.45) is 5.11 Å². The Morgan fingerprint density at radius 1 is 1.22 bits per heavy atom. The fraction of sp³-hybridized carbons (Fsp3) is 0.615. The van der Waals surface area contributed by atoms with Gasteiger partial charge in [0, 0.05) is 23.7 Å². The largest absolute Gasteiger partial charge is 1.00 e. The Balaban J connectivity index is 0. The summed E-state index contributed by atoms with van der Waals surface area (Å²) < 4.78 is 16.1. The molecule has 0 bridgehead atoms. The summed E-state index contributed by atoms with van der Waals surface area (Å²) in [5.41, 5.74) is 8.05. The Kier molecular flexibility index (Phi) is 21.8. The van der Waals surface area contributed by atoms with Crippen LogP contribution < -0.4 is 34.3 Å². The van der Waals surface area contributed by atoms with Gasteiger partial charge in [-0.05, 0) is 17.9 Å². The van der Waals surface area contributed by atoms with E-state index >= 15 is 0 Å². The van der Waals surface area contributed by atoms with E-state index in [0.717, 1.165) is 10.8 Å². The van der Waals surface area contributed by atoms with Crippen molar-refractivity contribution < 1.29 is 43.8 Å². The van der Waals surface area contributed by atoms with Gasteiger partial charge in [0.2, 0.25) is 0 Å². The van der Waals surface area contributed by atoms with E-state index in [-0.39, 0.29) is 29.6 Å². The molecule has 0 spiro atoms. The molecule has 0 aliphatic rings. The normalized spacial score (nSPS) is 9.00. The maximum Gasteiger partial charge on any atom is 1.00 e.